The highest BCUT2D eigenvalue weighted by atomic mass is 35.5. The predicted octanol–water partition coefficient (Wildman–Crippen LogP) is 2.33. The SMILES string of the molecule is O=C(NC1CCCN(c2ccccc2Cl)C1)N1CCC(CO)C1. The summed E-state index contributed by atoms with van der Waals surface area (Å²) >= 11 is 6.29. The zero-order chi connectivity index (χ0) is 16.2. The van der Waals surface area contributed by atoms with Gasteiger partial charge in [0, 0.05) is 44.7 Å². The van der Waals surface area contributed by atoms with E-state index < -0.39 is 0 Å². The molecule has 0 aliphatic carbocycles. The van der Waals surface area contributed by atoms with Gasteiger partial charge in [-0.2, -0.15) is 0 Å². The van der Waals surface area contributed by atoms with Gasteiger partial charge in [-0.25, -0.2) is 4.79 Å². The zero-order valence-corrected chi connectivity index (χ0v) is 14.0. The van der Waals surface area contributed by atoms with Crippen molar-refractivity contribution in [3.63, 3.8) is 0 Å². The number of carbonyl (C=O) groups is 1. The molecule has 2 aliphatic rings. The van der Waals surface area contributed by atoms with Crippen LogP contribution in [0.5, 0.6) is 0 Å². The lowest BCUT2D eigenvalue weighted by molar-refractivity contribution is 0.193. The second kappa shape index (κ2) is 7.41. The van der Waals surface area contributed by atoms with Crippen molar-refractivity contribution in [1.29, 1.82) is 0 Å². The maximum atomic E-state index is 12.4. The van der Waals surface area contributed by atoms with Crippen molar-refractivity contribution in [1.82, 2.24) is 10.2 Å². The van der Waals surface area contributed by atoms with Crippen molar-refractivity contribution in [2.24, 2.45) is 5.92 Å². The Hall–Kier alpha value is -1.46. The number of nitrogens with one attached hydrogen (secondary N) is 1. The van der Waals surface area contributed by atoms with Gasteiger partial charge in [0.1, 0.15) is 0 Å². The van der Waals surface area contributed by atoms with Crippen molar-refractivity contribution in [2.75, 3.05) is 37.7 Å². The number of rotatable bonds is 3. The number of benzene rings is 1. The molecule has 0 saturated carbocycles. The lowest BCUT2D eigenvalue weighted by Gasteiger charge is -2.36. The molecule has 2 N–H and O–H groups in total. The number of nitrogens with zero attached hydrogens (tertiary/aromatic N) is 2. The van der Waals surface area contributed by atoms with Crippen molar-refractivity contribution in [2.45, 2.75) is 25.3 Å². The van der Waals surface area contributed by atoms with E-state index in [0.29, 0.717) is 6.54 Å². The average Bonchev–Trinajstić information content (AvgIpc) is 3.05. The van der Waals surface area contributed by atoms with E-state index in [1.54, 1.807) is 0 Å². The molecule has 126 valence electrons. The highest BCUT2D eigenvalue weighted by Gasteiger charge is 2.28. The molecule has 0 aromatic heterocycles. The number of aliphatic hydroxyl groups excluding tert-OH is 1. The van der Waals surface area contributed by atoms with Crippen LogP contribution in [0.1, 0.15) is 19.3 Å². The molecule has 6 heteroatoms. The molecule has 0 bridgehead atoms. The van der Waals surface area contributed by atoms with Gasteiger partial charge in [0.2, 0.25) is 0 Å². The van der Waals surface area contributed by atoms with Crippen molar-refractivity contribution >= 4 is 23.3 Å². The minimum atomic E-state index is -0.00745. The minimum absolute atomic E-state index is 0.00745. The van der Waals surface area contributed by atoms with Crippen LogP contribution >= 0.6 is 11.6 Å². The van der Waals surface area contributed by atoms with Gasteiger partial charge >= 0.3 is 6.03 Å². The molecular weight excluding hydrogens is 314 g/mol. The smallest absolute Gasteiger partial charge is 0.317 e. The molecule has 1 aromatic carbocycles. The van der Waals surface area contributed by atoms with Crippen LogP contribution in [-0.2, 0) is 0 Å². The summed E-state index contributed by atoms with van der Waals surface area (Å²) in [5.41, 5.74) is 1.04. The molecule has 0 radical (unpaired) electrons. The minimum Gasteiger partial charge on any atom is -0.396 e. The Morgan fingerprint density at radius 3 is 2.83 bits per heavy atom. The Bertz CT molecular complexity index is 554. The summed E-state index contributed by atoms with van der Waals surface area (Å²) in [4.78, 5) is 16.4. The molecular formula is C17H24ClN3O2. The topological polar surface area (TPSA) is 55.8 Å². The third-order valence-electron chi connectivity index (χ3n) is 4.77. The number of hydrogen-bond acceptors (Lipinski definition) is 3. The van der Waals surface area contributed by atoms with Gasteiger partial charge in [-0.15, -0.1) is 0 Å². The van der Waals surface area contributed by atoms with Crippen LogP contribution in [0.3, 0.4) is 0 Å². The number of aliphatic hydroxyl groups is 1. The van der Waals surface area contributed by atoms with E-state index in [-0.39, 0.29) is 24.6 Å². The number of likely N-dealkylation sites (tertiary alicyclic amines) is 1. The zero-order valence-electron chi connectivity index (χ0n) is 13.2. The van der Waals surface area contributed by atoms with E-state index in [2.05, 4.69) is 10.2 Å². The summed E-state index contributed by atoms with van der Waals surface area (Å²) in [5.74, 6) is 0.228. The highest BCUT2D eigenvalue weighted by Crippen LogP contribution is 2.28. The normalized spacial score (nSPS) is 24.8. The van der Waals surface area contributed by atoms with Crippen LogP contribution in [-0.4, -0.2) is 54.9 Å². The van der Waals surface area contributed by atoms with Crippen LogP contribution in [0.25, 0.3) is 0 Å². The number of hydrogen-bond donors (Lipinski definition) is 2. The molecule has 2 atom stereocenters. The van der Waals surface area contributed by atoms with Gasteiger partial charge in [0.15, 0.2) is 0 Å². The fourth-order valence-electron chi connectivity index (χ4n) is 3.45. The summed E-state index contributed by atoms with van der Waals surface area (Å²) < 4.78 is 0. The number of piperidine rings is 1. The second-order valence-corrected chi connectivity index (χ2v) is 6.88. The van der Waals surface area contributed by atoms with Gasteiger partial charge < -0.3 is 20.2 Å². The number of carbonyl (C=O) groups excluding carboxylic acids is 1. The van der Waals surface area contributed by atoms with Gasteiger partial charge in [-0.1, -0.05) is 23.7 Å². The number of urea groups is 1. The molecule has 3 rings (SSSR count). The Kier molecular flexibility index (Phi) is 5.28. The lowest BCUT2D eigenvalue weighted by atomic mass is 10.0. The molecule has 1 aromatic rings. The third kappa shape index (κ3) is 3.90. The molecule has 2 unspecified atom stereocenters. The maximum Gasteiger partial charge on any atom is 0.317 e. The first-order valence-corrected chi connectivity index (χ1v) is 8.71. The fraction of sp³-hybridized carbons (Fsp3) is 0.588. The monoisotopic (exact) mass is 337 g/mol. The molecule has 2 aliphatic heterocycles. The summed E-state index contributed by atoms with van der Waals surface area (Å²) in [5, 5.41) is 13.1. The van der Waals surface area contributed by atoms with Crippen LogP contribution in [0.2, 0.25) is 5.02 Å². The largest absolute Gasteiger partial charge is 0.396 e. The number of amides is 2. The standard InChI is InChI=1S/C17H24ClN3O2/c18-15-5-1-2-6-16(15)20-8-3-4-14(11-20)19-17(23)21-9-7-13(10-21)12-22/h1-2,5-6,13-14,22H,3-4,7-12H2,(H,19,23). The summed E-state index contributed by atoms with van der Waals surface area (Å²) in [7, 11) is 0. The van der Waals surface area contributed by atoms with Crippen LogP contribution in [0.15, 0.2) is 24.3 Å². The van der Waals surface area contributed by atoms with E-state index in [9.17, 15) is 9.90 Å². The Morgan fingerprint density at radius 1 is 1.26 bits per heavy atom. The van der Waals surface area contributed by atoms with Gasteiger partial charge in [0.25, 0.3) is 0 Å². The molecule has 2 heterocycles. The van der Waals surface area contributed by atoms with Crippen LogP contribution < -0.4 is 10.2 Å². The molecule has 2 fully saturated rings. The van der Waals surface area contributed by atoms with Crippen LogP contribution in [0, 0.1) is 5.92 Å². The Balaban J connectivity index is 1.57. The first-order valence-electron chi connectivity index (χ1n) is 8.33. The van der Waals surface area contributed by atoms with Crippen molar-refractivity contribution in [3.8, 4) is 0 Å². The molecule has 23 heavy (non-hydrogen) atoms. The second-order valence-electron chi connectivity index (χ2n) is 6.47. The summed E-state index contributed by atoms with van der Waals surface area (Å²) in [6, 6.07) is 7.98. The maximum absolute atomic E-state index is 12.4. The van der Waals surface area contributed by atoms with E-state index >= 15 is 0 Å². The Morgan fingerprint density at radius 2 is 2.09 bits per heavy atom. The van der Waals surface area contributed by atoms with Crippen molar-refractivity contribution < 1.29 is 9.90 Å². The molecule has 0 spiro atoms. The van der Waals surface area contributed by atoms with Crippen LogP contribution in [0.4, 0.5) is 10.5 Å². The third-order valence-corrected chi connectivity index (χ3v) is 5.09. The number of halogens is 1. The molecule has 5 nitrogen and oxygen atoms in total. The van der Waals surface area contributed by atoms with E-state index in [1.165, 1.54) is 0 Å². The quantitative estimate of drug-likeness (QED) is 0.890. The van der Waals surface area contributed by atoms with Gasteiger partial charge in [-0.05, 0) is 31.4 Å². The highest BCUT2D eigenvalue weighted by molar-refractivity contribution is 6.33. The Labute approximate surface area is 142 Å². The number of para-hydroxylation sites is 1. The van der Waals surface area contributed by atoms with Crippen molar-refractivity contribution in [3.05, 3.63) is 29.3 Å². The van der Waals surface area contributed by atoms with E-state index in [4.69, 9.17) is 11.6 Å². The molecule has 2 amide bonds. The average molecular weight is 338 g/mol. The van der Waals surface area contributed by atoms with Gasteiger partial charge in [0.05, 0.1) is 10.7 Å². The van der Waals surface area contributed by atoms with Gasteiger partial charge in [-0.3, -0.25) is 0 Å². The lowest BCUT2D eigenvalue weighted by Crippen LogP contribution is -2.51. The predicted molar refractivity (Wildman–Crippen MR) is 92.0 cm³/mol. The first-order chi connectivity index (χ1) is 11.2. The summed E-state index contributed by atoms with van der Waals surface area (Å²) in [6.07, 6.45) is 2.92. The summed E-state index contributed by atoms with van der Waals surface area (Å²) in [6.45, 7) is 3.30. The molecule has 2 saturated heterocycles. The number of anilines is 1. The van der Waals surface area contributed by atoms with E-state index in [0.717, 1.165) is 49.6 Å². The first kappa shape index (κ1) is 16.4. The van der Waals surface area contributed by atoms with E-state index in [1.807, 2.05) is 29.2 Å². The fourth-order valence-corrected chi connectivity index (χ4v) is 3.71.